The van der Waals surface area contributed by atoms with Crippen molar-refractivity contribution >= 4 is 29.9 Å². The Kier molecular flexibility index (Phi) is 8.85. The fourth-order valence-electron chi connectivity index (χ4n) is 3.19. The van der Waals surface area contributed by atoms with Crippen molar-refractivity contribution in [3.63, 3.8) is 0 Å². The molecule has 1 saturated heterocycles. The van der Waals surface area contributed by atoms with Crippen LogP contribution in [0.3, 0.4) is 0 Å². The Morgan fingerprint density at radius 2 is 2.07 bits per heavy atom. The molecule has 0 saturated carbocycles. The van der Waals surface area contributed by atoms with Crippen LogP contribution in [0.5, 0.6) is 0 Å². The first-order valence-electron chi connectivity index (χ1n) is 9.45. The zero-order chi connectivity index (χ0) is 19.9. The lowest BCUT2D eigenvalue weighted by Gasteiger charge is -2.36. The monoisotopic (exact) mass is 512 g/mol. The van der Waals surface area contributed by atoms with Crippen LogP contribution >= 0.6 is 24.0 Å². The van der Waals surface area contributed by atoms with Crippen molar-refractivity contribution in [1.82, 2.24) is 20.3 Å². The fourth-order valence-corrected chi connectivity index (χ4v) is 3.19. The summed E-state index contributed by atoms with van der Waals surface area (Å²) in [6.07, 6.45) is 0. The zero-order valence-electron chi connectivity index (χ0n) is 16.7. The summed E-state index contributed by atoms with van der Waals surface area (Å²) in [4.78, 5) is 9.10. The second-order valence-corrected chi connectivity index (χ2v) is 6.78. The Morgan fingerprint density at radius 1 is 1.31 bits per heavy atom. The maximum absolute atomic E-state index is 14.0. The molecule has 0 spiro atoms. The van der Waals surface area contributed by atoms with Gasteiger partial charge >= 0.3 is 0 Å². The largest absolute Gasteiger partial charge is 0.361 e. The number of benzene rings is 1. The number of rotatable bonds is 5. The molecule has 1 aliphatic rings. The van der Waals surface area contributed by atoms with Gasteiger partial charge in [0.05, 0.1) is 23.9 Å². The number of aromatic nitrogens is 1. The van der Waals surface area contributed by atoms with Gasteiger partial charge in [-0.2, -0.15) is 5.26 Å². The first-order chi connectivity index (χ1) is 13.6. The molecule has 1 fully saturated rings. The number of piperazine rings is 1. The van der Waals surface area contributed by atoms with E-state index in [1.807, 2.05) is 26.0 Å². The van der Waals surface area contributed by atoms with Gasteiger partial charge in [-0.3, -0.25) is 4.90 Å². The highest BCUT2D eigenvalue weighted by Crippen LogP contribution is 2.13. The standard InChI is InChI=1S/C20H25FN6O.HI/c1-3-23-20(24-13-17-11-16(12-22)4-5-19(17)21)27-8-6-26(7-9-27)14-18-10-15(2)28-25-18;/h4-5,10-11H,3,6-9,13-14H2,1-2H3,(H,23,24);1H. The lowest BCUT2D eigenvalue weighted by molar-refractivity contribution is 0.169. The molecule has 1 N–H and O–H groups in total. The summed E-state index contributed by atoms with van der Waals surface area (Å²) in [5.41, 5.74) is 1.81. The number of nitrogens with zero attached hydrogens (tertiary/aromatic N) is 5. The molecule has 7 nitrogen and oxygen atoms in total. The van der Waals surface area contributed by atoms with Crippen molar-refractivity contribution in [3.05, 3.63) is 52.7 Å². The van der Waals surface area contributed by atoms with Gasteiger partial charge in [0, 0.05) is 50.9 Å². The van der Waals surface area contributed by atoms with Crippen LogP contribution in [0, 0.1) is 24.1 Å². The summed E-state index contributed by atoms with van der Waals surface area (Å²) in [6, 6.07) is 8.35. The smallest absolute Gasteiger partial charge is 0.194 e. The van der Waals surface area contributed by atoms with Gasteiger partial charge in [-0.15, -0.1) is 24.0 Å². The van der Waals surface area contributed by atoms with Gasteiger partial charge in [0.2, 0.25) is 0 Å². The fraction of sp³-hybridized carbons (Fsp3) is 0.450. The van der Waals surface area contributed by atoms with Crippen LogP contribution in [0.2, 0.25) is 0 Å². The van der Waals surface area contributed by atoms with E-state index in [1.54, 1.807) is 6.07 Å². The van der Waals surface area contributed by atoms with E-state index in [-0.39, 0.29) is 36.3 Å². The minimum absolute atomic E-state index is 0. The molecule has 0 radical (unpaired) electrons. The van der Waals surface area contributed by atoms with E-state index in [1.165, 1.54) is 12.1 Å². The van der Waals surface area contributed by atoms with Crippen LogP contribution in [-0.2, 0) is 13.1 Å². The third-order valence-electron chi connectivity index (χ3n) is 4.64. The van der Waals surface area contributed by atoms with E-state index in [2.05, 4.69) is 25.3 Å². The zero-order valence-corrected chi connectivity index (χ0v) is 19.0. The molecular formula is C20H26FIN6O. The van der Waals surface area contributed by atoms with E-state index in [9.17, 15) is 4.39 Å². The molecule has 0 atom stereocenters. The average molecular weight is 512 g/mol. The van der Waals surface area contributed by atoms with E-state index in [0.717, 1.165) is 56.7 Å². The topological polar surface area (TPSA) is 80.7 Å². The molecule has 1 aliphatic heterocycles. The highest BCUT2D eigenvalue weighted by Gasteiger charge is 2.20. The molecule has 0 aliphatic carbocycles. The second kappa shape index (κ2) is 11.1. The van der Waals surface area contributed by atoms with Crippen LogP contribution in [0.4, 0.5) is 4.39 Å². The molecule has 2 heterocycles. The molecule has 2 aromatic rings. The summed E-state index contributed by atoms with van der Waals surface area (Å²) >= 11 is 0. The summed E-state index contributed by atoms with van der Waals surface area (Å²) in [5.74, 6) is 1.25. The Hall–Kier alpha value is -2.19. The lowest BCUT2D eigenvalue weighted by atomic mass is 10.1. The first-order valence-corrected chi connectivity index (χ1v) is 9.45. The Labute approximate surface area is 187 Å². The number of hydrogen-bond donors (Lipinski definition) is 1. The quantitative estimate of drug-likeness (QED) is 0.377. The van der Waals surface area contributed by atoms with E-state index in [0.29, 0.717) is 11.1 Å². The van der Waals surface area contributed by atoms with E-state index in [4.69, 9.17) is 9.78 Å². The molecule has 0 bridgehead atoms. The number of halogens is 2. The summed E-state index contributed by atoms with van der Waals surface area (Å²) in [6.45, 7) is 9.01. The molecule has 156 valence electrons. The van der Waals surface area contributed by atoms with Crippen molar-refractivity contribution in [1.29, 1.82) is 5.26 Å². The van der Waals surface area contributed by atoms with Crippen LogP contribution in [0.15, 0.2) is 33.8 Å². The lowest BCUT2D eigenvalue weighted by Crippen LogP contribution is -2.52. The van der Waals surface area contributed by atoms with Gasteiger partial charge in [0.25, 0.3) is 0 Å². The van der Waals surface area contributed by atoms with Crippen LogP contribution in [0.1, 0.15) is 29.5 Å². The molecule has 1 aromatic carbocycles. The van der Waals surface area contributed by atoms with Crippen molar-refractivity contribution in [2.75, 3.05) is 32.7 Å². The molecule has 1 aromatic heterocycles. The maximum atomic E-state index is 14.0. The number of nitriles is 1. The van der Waals surface area contributed by atoms with Crippen molar-refractivity contribution in [3.8, 4) is 6.07 Å². The van der Waals surface area contributed by atoms with Crippen molar-refractivity contribution in [2.24, 2.45) is 4.99 Å². The van der Waals surface area contributed by atoms with Gasteiger partial charge in [-0.1, -0.05) is 5.16 Å². The first kappa shape index (κ1) is 23.1. The normalized spacial score (nSPS) is 15.0. The minimum Gasteiger partial charge on any atom is -0.361 e. The number of hydrogen-bond acceptors (Lipinski definition) is 5. The maximum Gasteiger partial charge on any atom is 0.194 e. The van der Waals surface area contributed by atoms with Crippen LogP contribution in [0.25, 0.3) is 0 Å². The SMILES string of the molecule is CCNC(=NCc1cc(C#N)ccc1F)N1CCN(Cc2cc(C)on2)CC1.I. The third-order valence-corrected chi connectivity index (χ3v) is 4.64. The van der Waals surface area contributed by atoms with Crippen molar-refractivity contribution < 1.29 is 8.91 Å². The van der Waals surface area contributed by atoms with E-state index < -0.39 is 0 Å². The highest BCUT2D eigenvalue weighted by molar-refractivity contribution is 14.0. The minimum atomic E-state index is -0.341. The molecule has 0 unspecified atom stereocenters. The summed E-state index contributed by atoms with van der Waals surface area (Å²) in [7, 11) is 0. The Bertz CT molecular complexity index is 870. The Balaban J connectivity index is 0.00000300. The van der Waals surface area contributed by atoms with Crippen LogP contribution < -0.4 is 5.32 Å². The molecule has 3 rings (SSSR count). The van der Waals surface area contributed by atoms with Gasteiger partial charge < -0.3 is 14.7 Å². The van der Waals surface area contributed by atoms with Gasteiger partial charge in [-0.25, -0.2) is 9.38 Å². The van der Waals surface area contributed by atoms with Crippen molar-refractivity contribution in [2.45, 2.75) is 26.9 Å². The predicted octanol–water partition coefficient (Wildman–Crippen LogP) is 2.90. The third kappa shape index (κ3) is 6.40. The van der Waals surface area contributed by atoms with Gasteiger partial charge in [-0.05, 0) is 32.0 Å². The number of nitrogens with one attached hydrogen (secondary N) is 1. The summed E-state index contributed by atoms with van der Waals surface area (Å²) in [5, 5.41) is 16.3. The summed E-state index contributed by atoms with van der Waals surface area (Å²) < 4.78 is 19.1. The predicted molar refractivity (Wildman–Crippen MR) is 119 cm³/mol. The van der Waals surface area contributed by atoms with Gasteiger partial charge in [0.1, 0.15) is 11.6 Å². The number of aliphatic imine (C=N–C) groups is 1. The average Bonchev–Trinajstić information content (AvgIpc) is 3.11. The highest BCUT2D eigenvalue weighted by atomic mass is 127. The van der Waals surface area contributed by atoms with E-state index >= 15 is 0 Å². The number of aryl methyl sites for hydroxylation is 1. The molecule has 29 heavy (non-hydrogen) atoms. The molecular weight excluding hydrogens is 486 g/mol. The second-order valence-electron chi connectivity index (χ2n) is 6.78. The molecule has 9 heteroatoms. The van der Waals surface area contributed by atoms with Crippen LogP contribution in [-0.4, -0.2) is 53.6 Å². The number of guanidine groups is 1. The van der Waals surface area contributed by atoms with Gasteiger partial charge in [0.15, 0.2) is 5.96 Å². The molecule has 0 amide bonds. The Morgan fingerprint density at radius 3 is 2.69 bits per heavy atom.